The van der Waals surface area contributed by atoms with E-state index in [2.05, 4.69) is 0 Å². The van der Waals surface area contributed by atoms with Crippen molar-refractivity contribution >= 4 is 16.9 Å². The van der Waals surface area contributed by atoms with Gasteiger partial charge in [-0.15, -0.1) is 0 Å². The molecule has 1 aromatic heterocycles. The van der Waals surface area contributed by atoms with E-state index in [1.54, 1.807) is 11.0 Å². The fourth-order valence-electron chi connectivity index (χ4n) is 3.28. The Morgan fingerprint density at radius 1 is 1.45 bits per heavy atom. The van der Waals surface area contributed by atoms with Gasteiger partial charge in [-0.25, -0.2) is 0 Å². The molecule has 1 fully saturated rings. The van der Waals surface area contributed by atoms with Crippen molar-refractivity contribution < 1.29 is 14.3 Å². The molecule has 0 unspecified atom stereocenters. The fourth-order valence-corrected chi connectivity index (χ4v) is 3.28. The van der Waals surface area contributed by atoms with Crippen molar-refractivity contribution in [2.75, 3.05) is 33.7 Å². The Kier molecular flexibility index (Phi) is 3.70. The molecule has 0 spiro atoms. The van der Waals surface area contributed by atoms with E-state index in [9.17, 15) is 9.90 Å². The lowest BCUT2D eigenvalue weighted by Crippen LogP contribution is -2.43. The SMILES string of the molecule is Cc1cc2cccc(C(=O)N3CC[C@](O)(CN(C)C)C3)c2o1. The summed E-state index contributed by atoms with van der Waals surface area (Å²) in [6, 6.07) is 7.52. The van der Waals surface area contributed by atoms with Crippen molar-refractivity contribution in [3.63, 3.8) is 0 Å². The summed E-state index contributed by atoms with van der Waals surface area (Å²) in [5, 5.41) is 11.5. The van der Waals surface area contributed by atoms with E-state index < -0.39 is 5.60 Å². The predicted octanol–water partition coefficient (Wildman–Crippen LogP) is 1.88. The molecule has 3 rings (SSSR count). The molecule has 0 bridgehead atoms. The summed E-state index contributed by atoms with van der Waals surface area (Å²) in [6.45, 7) is 3.36. The topological polar surface area (TPSA) is 56.9 Å². The average molecular weight is 302 g/mol. The molecular formula is C17H22N2O3. The molecule has 2 heterocycles. The van der Waals surface area contributed by atoms with Gasteiger partial charge in [-0.2, -0.15) is 0 Å². The number of hydrogen-bond donors (Lipinski definition) is 1. The van der Waals surface area contributed by atoms with E-state index >= 15 is 0 Å². The molecule has 0 saturated carbocycles. The second-order valence-corrected chi connectivity index (χ2v) is 6.52. The molecule has 1 amide bonds. The van der Waals surface area contributed by atoms with Crippen LogP contribution >= 0.6 is 0 Å². The first-order chi connectivity index (χ1) is 10.4. The molecular weight excluding hydrogens is 280 g/mol. The third-order valence-electron chi connectivity index (χ3n) is 4.13. The van der Waals surface area contributed by atoms with Crippen LogP contribution in [0, 0.1) is 6.92 Å². The summed E-state index contributed by atoms with van der Waals surface area (Å²) in [4.78, 5) is 16.5. The number of aliphatic hydroxyl groups is 1. The van der Waals surface area contributed by atoms with Crippen molar-refractivity contribution in [1.82, 2.24) is 9.80 Å². The first-order valence-corrected chi connectivity index (χ1v) is 7.53. The number of aryl methyl sites for hydroxylation is 1. The highest BCUT2D eigenvalue weighted by molar-refractivity contribution is 6.05. The number of furan rings is 1. The summed E-state index contributed by atoms with van der Waals surface area (Å²) in [7, 11) is 3.85. The number of benzene rings is 1. The van der Waals surface area contributed by atoms with Crippen LogP contribution in [0.5, 0.6) is 0 Å². The quantitative estimate of drug-likeness (QED) is 0.940. The molecule has 1 N–H and O–H groups in total. The normalized spacial score (nSPS) is 22.0. The van der Waals surface area contributed by atoms with Gasteiger partial charge in [0.25, 0.3) is 5.91 Å². The fraction of sp³-hybridized carbons (Fsp3) is 0.471. The van der Waals surface area contributed by atoms with Crippen LogP contribution in [0.1, 0.15) is 22.5 Å². The van der Waals surface area contributed by atoms with Crippen molar-refractivity contribution in [2.24, 2.45) is 0 Å². The molecule has 1 saturated heterocycles. The maximum absolute atomic E-state index is 12.8. The highest BCUT2D eigenvalue weighted by atomic mass is 16.3. The van der Waals surface area contributed by atoms with Gasteiger partial charge in [0, 0.05) is 18.5 Å². The number of para-hydroxylation sites is 1. The number of fused-ring (bicyclic) bond motifs is 1. The lowest BCUT2D eigenvalue weighted by atomic mass is 10.0. The van der Waals surface area contributed by atoms with E-state index in [-0.39, 0.29) is 5.91 Å². The number of likely N-dealkylation sites (tertiary alicyclic amines) is 1. The molecule has 2 aromatic rings. The average Bonchev–Trinajstić information content (AvgIpc) is 2.98. The zero-order valence-electron chi connectivity index (χ0n) is 13.3. The van der Waals surface area contributed by atoms with Crippen LogP contribution in [-0.2, 0) is 0 Å². The van der Waals surface area contributed by atoms with Gasteiger partial charge in [-0.3, -0.25) is 4.79 Å². The molecule has 1 aliphatic heterocycles. The van der Waals surface area contributed by atoms with E-state index in [0.717, 1.165) is 11.1 Å². The van der Waals surface area contributed by atoms with Gasteiger partial charge in [0.2, 0.25) is 0 Å². The summed E-state index contributed by atoms with van der Waals surface area (Å²) < 4.78 is 5.68. The molecule has 0 radical (unpaired) electrons. The van der Waals surface area contributed by atoms with Crippen molar-refractivity contribution in [3.8, 4) is 0 Å². The smallest absolute Gasteiger partial charge is 0.257 e. The van der Waals surface area contributed by atoms with Gasteiger partial charge in [-0.1, -0.05) is 12.1 Å². The van der Waals surface area contributed by atoms with Gasteiger partial charge in [0.1, 0.15) is 11.3 Å². The van der Waals surface area contributed by atoms with Crippen molar-refractivity contribution in [3.05, 3.63) is 35.6 Å². The molecule has 118 valence electrons. The second-order valence-electron chi connectivity index (χ2n) is 6.52. The monoisotopic (exact) mass is 302 g/mol. The van der Waals surface area contributed by atoms with Crippen LogP contribution in [0.15, 0.2) is 28.7 Å². The van der Waals surface area contributed by atoms with E-state index in [1.165, 1.54) is 0 Å². The number of hydrogen-bond acceptors (Lipinski definition) is 4. The Bertz CT molecular complexity index is 707. The van der Waals surface area contributed by atoms with Crippen molar-refractivity contribution in [2.45, 2.75) is 18.9 Å². The Morgan fingerprint density at radius 2 is 2.23 bits per heavy atom. The summed E-state index contributed by atoms with van der Waals surface area (Å²) >= 11 is 0. The van der Waals surface area contributed by atoms with Gasteiger partial charge in [0.05, 0.1) is 17.7 Å². The van der Waals surface area contributed by atoms with Crippen LogP contribution < -0.4 is 0 Å². The zero-order valence-corrected chi connectivity index (χ0v) is 13.3. The summed E-state index contributed by atoms with van der Waals surface area (Å²) in [6.07, 6.45) is 0.601. The predicted molar refractivity (Wildman–Crippen MR) is 85.0 cm³/mol. The van der Waals surface area contributed by atoms with E-state index in [4.69, 9.17) is 4.42 Å². The highest BCUT2D eigenvalue weighted by Gasteiger charge is 2.39. The lowest BCUT2D eigenvalue weighted by Gasteiger charge is -2.26. The Hall–Kier alpha value is -1.85. The lowest BCUT2D eigenvalue weighted by molar-refractivity contribution is 0.0236. The molecule has 22 heavy (non-hydrogen) atoms. The van der Waals surface area contributed by atoms with Crippen molar-refractivity contribution in [1.29, 1.82) is 0 Å². The zero-order chi connectivity index (χ0) is 15.9. The minimum atomic E-state index is -0.827. The van der Waals surface area contributed by atoms with Gasteiger partial charge in [0.15, 0.2) is 0 Å². The Balaban J connectivity index is 1.85. The summed E-state index contributed by atoms with van der Waals surface area (Å²) in [5.41, 5.74) is 0.374. The van der Waals surface area contributed by atoms with Crippen LogP contribution in [0.4, 0.5) is 0 Å². The first-order valence-electron chi connectivity index (χ1n) is 7.53. The molecule has 0 aliphatic carbocycles. The van der Waals surface area contributed by atoms with E-state index in [1.807, 2.05) is 44.1 Å². The number of β-amino-alcohol motifs (C(OH)–C–C–N with tert-alkyl or cyclic N) is 1. The highest BCUT2D eigenvalue weighted by Crippen LogP contribution is 2.27. The molecule has 5 nitrogen and oxygen atoms in total. The van der Waals surface area contributed by atoms with Gasteiger partial charge >= 0.3 is 0 Å². The molecule has 1 atom stereocenters. The molecule has 5 heteroatoms. The van der Waals surface area contributed by atoms with Gasteiger partial charge in [-0.05, 0) is 39.6 Å². The summed E-state index contributed by atoms with van der Waals surface area (Å²) in [5.74, 6) is 0.718. The number of likely N-dealkylation sites (N-methyl/N-ethyl adjacent to an activating group) is 1. The maximum Gasteiger partial charge on any atom is 0.257 e. The first kappa shape index (κ1) is 15.1. The van der Waals surface area contributed by atoms with Crippen LogP contribution in [0.3, 0.4) is 0 Å². The van der Waals surface area contributed by atoms with Crippen LogP contribution in [-0.4, -0.2) is 60.1 Å². The van der Waals surface area contributed by atoms with E-state index in [0.29, 0.717) is 37.2 Å². The second kappa shape index (κ2) is 5.41. The maximum atomic E-state index is 12.8. The largest absolute Gasteiger partial charge is 0.461 e. The van der Waals surface area contributed by atoms with Gasteiger partial charge < -0.3 is 19.3 Å². The number of carbonyl (C=O) groups is 1. The third-order valence-corrected chi connectivity index (χ3v) is 4.13. The number of amides is 1. The standard InChI is InChI=1S/C17H22N2O3/c1-12-9-13-5-4-6-14(15(13)22-12)16(20)19-8-7-17(21,11-19)10-18(2)3/h4-6,9,21H,7-8,10-11H2,1-3H3/t17-/m0/s1. The number of carbonyl (C=O) groups excluding carboxylic acids is 1. The van der Waals surface area contributed by atoms with Crippen LogP contribution in [0.25, 0.3) is 11.0 Å². The van der Waals surface area contributed by atoms with Crippen LogP contribution in [0.2, 0.25) is 0 Å². The number of nitrogens with zero attached hydrogens (tertiary/aromatic N) is 2. The minimum Gasteiger partial charge on any atom is -0.461 e. The molecule has 1 aromatic carbocycles. The molecule has 1 aliphatic rings. The Labute approximate surface area is 130 Å². The minimum absolute atomic E-state index is 0.0744. The number of rotatable bonds is 3. The Morgan fingerprint density at radius 3 is 2.95 bits per heavy atom. The third kappa shape index (κ3) is 2.74.